The molecule has 1 saturated heterocycles. The maximum Gasteiger partial charge on any atom is 0.146 e. The average Bonchev–Trinajstić information content (AvgIpc) is 2.46. The molecule has 0 radical (unpaired) electrons. The third kappa shape index (κ3) is 2.43. The van der Waals surface area contributed by atoms with E-state index in [1.165, 1.54) is 18.4 Å². The average molecular weight is 257 g/mol. The molecule has 0 bridgehead atoms. The van der Waals surface area contributed by atoms with Crippen LogP contribution in [0.1, 0.15) is 42.5 Å². The van der Waals surface area contributed by atoms with E-state index in [-0.39, 0.29) is 6.10 Å². The highest BCUT2D eigenvalue weighted by atomic mass is 16.3. The Morgan fingerprint density at radius 3 is 2.95 bits per heavy atom. The molecule has 100 valence electrons. The van der Waals surface area contributed by atoms with Gasteiger partial charge in [0.2, 0.25) is 0 Å². The number of piperidine rings is 1. The molecule has 0 spiro atoms. The molecule has 0 aromatic carbocycles. The Morgan fingerprint density at radius 1 is 1.32 bits per heavy atom. The summed E-state index contributed by atoms with van der Waals surface area (Å²) in [6.07, 6.45) is 5.96. The summed E-state index contributed by atoms with van der Waals surface area (Å²) >= 11 is 0. The molecule has 0 unspecified atom stereocenters. The summed E-state index contributed by atoms with van der Waals surface area (Å²) < 4.78 is 0. The lowest BCUT2D eigenvalue weighted by atomic mass is 9.94. The van der Waals surface area contributed by atoms with E-state index >= 15 is 0 Å². The van der Waals surface area contributed by atoms with Gasteiger partial charge in [0.25, 0.3) is 0 Å². The number of hydrogen-bond acceptors (Lipinski definition) is 4. The van der Waals surface area contributed by atoms with Crippen LogP contribution in [0.15, 0.2) is 6.07 Å². The predicted molar refractivity (Wildman–Crippen MR) is 73.0 cm³/mol. The van der Waals surface area contributed by atoms with E-state index in [2.05, 4.69) is 11.0 Å². The van der Waals surface area contributed by atoms with Crippen LogP contribution in [0.5, 0.6) is 0 Å². The molecule has 2 aliphatic rings. The molecule has 1 aliphatic heterocycles. The van der Waals surface area contributed by atoms with Crippen molar-refractivity contribution in [3.8, 4) is 6.07 Å². The van der Waals surface area contributed by atoms with E-state index in [1.807, 2.05) is 6.07 Å². The quantitative estimate of drug-likeness (QED) is 0.833. The zero-order valence-electron chi connectivity index (χ0n) is 11.1. The Labute approximate surface area is 113 Å². The second kappa shape index (κ2) is 5.18. The molecule has 0 saturated carbocycles. The minimum atomic E-state index is -0.293. The van der Waals surface area contributed by atoms with Gasteiger partial charge in [-0.05, 0) is 50.2 Å². The van der Waals surface area contributed by atoms with Crippen LogP contribution >= 0.6 is 0 Å². The van der Waals surface area contributed by atoms with Crippen LogP contribution in [-0.2, 0) is 12.8 Å². The summed E-state index contributed by atoms with van der Waals surface area (Å²) in [7, 11) is 0. The van der Waals surface area contributed by atoms with Crippen molar-refractivity contribution in [1.29, 1.82) is 5.26 Å². The van der Waals surface area contributed by atoms with Gasteiger partial charge in [-0.25, -0.2) is 4.98 Å². The molecule has 19 heavy (non-hydrogen) atoms. The van der Waals surface area contributed by atoms with Gasteiger partial charge in [0.15, 0.2) is 0 Å². The number of nitriles is 1. The topological polar surface area (TPSA) is 60.2 Å². The van der Waals surface area contributed by atoms with Gasteiger partial charge in [-0.15, -0.1) is 0 Å². The van der Waals surface area contributed by atoms with Crippen LogP contribution in [0.2, 0.25) is 0 Å². The van der Waals surface area contributed by atoms with Crippen LogP contribution in [-0.4, -0.2) is 29.3 Å². The first-order valence-corrected chi connectivity index (χ1v) is 7.14. The van der Waals surface area contributed by atoms with E-state index in [0.717, 1.165) is 43.7 Å². The lowest BCUT2D eigenvalue weighted by Crippen LogP contribution is -2.39. The summed E-state index contributed by atoms with van der Waals surface area (Å²) in [4.78, 5) is 6.81. The third-order valence-corrected chi connectivity index (χ3v) is 4.10. The van der Waals surface area contributed by atoms with E-state index in [1.54, 1.807) is 0 Å². The van der Waals surface area contributed by atoms with Gasteiger partial charge in [-0.1, -0.05) is 0 Å². The van der Waals surface area contributed by atoms with Gasteiger partial charge in [0.1, 0.15) is 11.9 Å². The normalized spacial score (nSPS) is 22.7. The Kier molecular flexibility index (Phi) is 3.39. The Morgan fingerprint density at radius 2 is 2.16 bits per heavy atom. The van der Waals surface area contributed by atoms with Crippen molar-refractivity contribution in [3.63, 3.8) is 0 Å². The second-order valence-electron chi connectivity index (χ2n) is 5.53. The Balaban J connectivity index is 1.97. The monoisotopic (exact) mass is 257 g/mol. The second-order valence-corrected chi connectivity index (χ2v) is 5.53. The van der Waals surface area contributed by atoms with Crippen molar-refractivity contribution >= 4 is 5.82 Å². The van der Waals surface area contributed by atoms with Crippen molar-refractivity contribution in [2.45, 2.75) is 44.6 Å². The highest BCUT2D eigenvalue weighted by Gasteiger charge is 2.23. The fraction of sp³-hybridized carbons (Fsp3) is 0.600. The molecule has 1 atom stereocenters. The minimum Gasteiger partial charge on any atom is -0.391 e. The fourth-order valence-electron chi connectivity index (χ4n) is 3.09. The van der Waals surface area contributed by atoms with Gasteiger partial charge in [-0.2, -0.15) is 5.26 Å². The first-order chi connectivity index (χ1) is 9.28. The maximum absolute atomic E-state index is 9.79. The van der Waals surface area contributed by atoms with Crippen LogP contribution in [0.3, 0.4) is 0 Å². The van der Waals surface area contributed by atoms with Gasteiger partial charge in [-0.3, -0.25) is 0 Å². The summed E-state index contributed by atoms with van der Waals surface area (Å²) in [6.45, 7) is 1.48. The summed E-state index contributed by atoms with van der Waals surface area (Å²) in [5.41, 5.74) is 3.05. The molecule has 3 rings (SSSR count). The van der Waals surface area contributed by atoms with Gasteiger partial charge < -0.3 is 10.0 Å². The zero-order valence-corrected chi connectivity index (χ0v) is 11.1. The van der Waals surface area contributed by atoms with Crippen molar-refractivity contribution in [2.75, 3.05) is 18.0 Å². The molecule has 4 nitrogen and oxygen atoms in total. The molecular formula is C15H19N3O. The number of aliphatic hydroxyl groups excluding tert-OH is 1. The lowest BCUT2D eigenvalue weighted by Gasteiger charge is -2.32. The third-order valence-electron chi connectivity index (χ3n) is 4.10. The highest BCUT2D eigenvalue weighted by molar-refractivity contribution is 5.56. The molecular weight excluding hydrogens is 238 g/mol. The molecule has 2 heterocycles. The van der Waals surface area contributed by atoms with Crippen LogP contribution in [0.25, 0.3) is 0 Å². The number of β-amino-alcohol motifs (C(OH)–C–C–N with tert-alkyl or cyclic N) is 1. The van der Waals surface area contributed by atoms with Crippen molar-refractivity contribution in [2.24, 2.45) is 0 Å². The van der Waals surface area contributed by atoms with E-state index < -0.39 is 0 Å². The van der Waals surface area contributed by atoms with Crippen molar-refractivity contribution in [3.05, 3.63) is 22.9 Å². The number of aryl methyl sites for hydroxylation is 2. The molecule has 0 amide bonds. The van der Waals surface area contributed by atoms with Crippen molar-refractivity contribution in [1.82, 2.24) is 4.98 Å². The number of aromatic nitrogens is 1. The van der Waals surface area contributed by atoms with E-state index in [4.69, 9.17) is 4.98 Å². The molecule has 1 aliphatic carbocycles. The van der Waals surface area contributed by atoms with Crippen molar-refractivity contribution < 1.29 is 5.11 Å². The summed E-state index contributed by atoms with van der Waals surface area (Å²) in [5.74, 6) is 0.780. The van der Waals surface area contributed by atoms with E-state index in [0.29, 0.717) is 12.1 Å². The number of pyridine rings is 1. The smallest absolute Gasteiger partial charge is 0.146 e. The SMILES string of the molecule is N#Cc1cc2c(nc1N1CCC[C@H](O)C1)CCCC2. The molecule has 1 N–H and O–H groups in total. The Bertz CT molecular complexity index is 521. The first-order valence-electron chi connectivity index (χ1n) is 7.14. The van der Waals surface area contributed by atoms with Crippen LogP contribution in [0.4, 0.5) is 5.82 Å². The number of rotatable bonds is 1. The Hall–Kier alpha value is -1.60. The molecule has 1 aromatic heterocycles. The summed E-state index contributed by atoms with van der Waals surface area (Å²) in [6, 6.07) is 4.28. The standard InChI is InChI=1S/C15H19N3O/c16-9-12-8-11-4-1-2-6-14(11)17-15(12)18-7-3-5-13(19)10-18/h8,13,19H,1-7,10H2/t13-/m0/s1. The molecule has 4 heteroatoms. The summed E-state index contributed by atoms with van der Waals surface area (Å²) in [5, 5.41) is 19.1. The zero-order chi connectivity index (χ0) is 13.2. The van der Waals surface area contributed by atoms with Gasteiger partial charge in [0, 0.05) is 18.8 Å². The van der Waals surface area contributed by atoms with Crippen LogP contribution < -0.4 is 4.90 Å². The van der Waals surface area contributed by atoms with E-state index in [9.17, 15) is 10.4 Å². The minimum absolute atomic E-state index is 0.293. The number of anilines is 1. The van der Waals surface area contributed by atoms with Gasteiger partial charge in [0.05, 0.1) is 11.7 Å². The largest absolute Gasteiger partial charge is 0.391 e. The molecule has 1 fully saturated rings. The number of hydrogen-bond donors (Lipinski definition) is 1. The number of fused-ring (bicyclic) bond motifs is 1. The maximum atomic E-state index is 9.79. The predicted octanol–water partition coefficient (Wildman–Crippen LogP) is 1.79. The highest BCUT2D eigenvalue weighted by Crippen LogP contribution is 2.28. The number of aliphatic hydroxyl groups is 1. The first kappa shape index (κ1) is 12.4. The lowest BCUT2D eigenvalue weighted by molar-refractivity contribution is 0.154. The molecule has 1 aromatic rings. The van der Waals surface area contributed by atoms with Crippen LogP contribution in [0, 0.1) is 11.3 Å². The van der Waals surface area contributed by atoms with Gasteiger partial charge >= 0.3 is 0 Å². The fourth-order valence-corrected chi connectivity index (χ4v) is 3.09. The number of nitrogens with zero attached hydrogens (tertiary/aromatic N) is 3.